The summed E-state index contributed by atoms with van der Waals surface area (Å²) in [5, 5.41) is 0. The van der Waals surface area contributed by atoms with Gasteiger partial charge in [-0.3, -0.25) is 9.59 Å². The van der Waals surface area contributed by atoms with E-state index in [2.05, 4.69) is 6.07 Å². The van der Waals surface area contributed by atoms with E-state index >= 15 is 0 Å². The summed E-state index contributed by atoms with van der Waals surface area (Å²) in [7, 11) is 0. The van der Waals surface area contributed by atoms with Crippen LogP contribution in [-0.4, -0.2) is 11.6 Å². The highest BCUT2D eigenvalue weighted by Crippen LogP contribution is 2.26. The van der Waals surface area contributed by atoms with Crippen LogP contribution < -0.4 is 0 Å². The summed E-state index contributed by atoms with van der Waals surface area (Å²) in [6, 6.07) is 4.05. The van der Waals surface area contributed by atoms with Crippen molar-refractivity contribution in [1.29, 1.82) is 0 Å². The van der Waals surface area contributed by atoms with Crippen LogP contribution in [0.4, 0.5) is 0 Å². The predicted molar refractivity (Wildman–Crippen MR) is 61.9 cm³/mol. The second-order valence-electron chi connectivity index (χ2n) is 4.20. The minimum atomic E-state index is 0.130. The van der Waals surface area contributed by atoms with E-state index in [-0.39, 0.29) is 11.6 Å². The number of hydrogen-bond donors (Lipinski definition) is 0. The van der Waals surface area contributed by atoms with Crippen molar-refractivity contribution in [1.82, 2.24) is 0 Å². The molecule has 0 N–H and O–H groups in total. The molecule has 16 heavy (non-hydrogen) atoms. The summed E-state index contributed by atoms with van der Waals surface area (Å²) in [6.45, 7) is 0. The van der Waals surface area contributed by atoms with Gasteiger partial charge in [-0.25, -0.2) is 0 Å². The van der Waals surface area contributed by atoms with Gasteiger partial charge >= 0.3 is 0 Å². The van der Waals surface area contributed by atoms with Gasteiger partial charge in [0.1, 0.15) is 0 Å². The van der Waals surface area contributed by atoms with Crippen LogP contribution in [0.15, 0.2) is 24.3 Å². The molecule has 0 saturated carbocycles. The molecule has 2 nitrogen and oxygen atoms in total. The Morgan fingerprint density at radius 2 is 1.19 bits per heavy atom. The lowest BCUT2D eigenvalue weighted by Crippen LogP contribution is -2.10. The van der Waals surface area contributed by atoms with Gasteiger partial charge in [-0.05, 0) is 40.5 Å². The largest absolute Gasteiger partial charge is 0.294 e. The van der Waals surface area contributed by atoms with Crippen LogP contribution in [0.2, 0.25) is 0 Å². The summed E-state index contributed by atoms with van der Waals surface area (Å²) in [4.78, 5) is 22.6. The third kappa shape index (κ3) is 1.43. The van der Waals surface area contributed by atoms with E-state index in [0.717, 1.165) is 22.3 Å². The Hall–Kier alpha value is -1.96. The fourth-order valence-electron chi connectivity index (χ4n) is 2.21. The second kappa shape index (κ2) is 3.27. The molecule has 0 amide bonds. The highest BCUT2D eigenvalue weighted by Gasteiger charge is 2.16. The molecule has 0 bridgehead atoms. The maximum Gasteiger partial charge on any atom is 0.160 e. The molecular weight excluding hydrogens is 200 g/mol. The fourth-order valence-corrected chi connectivity index (χ4v) is 2.21. The molecule has 2 aliphatic rings. The average Bonchev–Trinajstić information content (AvgIpc) is 2.26. The molecule has 1 aromatic rings. The highest BCUT2D eigenvalue weighted by molar-refractivity contribution is 6.01. The van der Waals surface area contributed by atoms with Crippen LogP contribution >= 0.6 is 0 Å². The molecule has 0 atom stereocenters. The zero-order chi connectivity index (χ0) is 11.1. The Morgan fingerprint density at radius 3 is 1.69 bits per heavy atom. The van der Waals surface area contributed by atoms with Gasteiger partial charge in [0.2, 0.25) is 0 Å². The quantitative estimate of drug-likeness (QED) is 0.656. The SMILES string of the molecule is O=C1C=Cc2cc3c(cc2C1)CC(=O)C=C3. The lowest BCUT2D eigenvalue weighted by molar-refractivity contribution is -0.114. The zero-order valence-corrected chi connectivity index (χ0v) is 8.69. The summed E-state index contributed by atoms with van der Waals surface area (Å²) in [5.74, 6) is 0.259. The van der Waals surface area contributed by atoms with Gasteiger partial charge in [-0.15, -0.1) is 0 Å². The minimum absolute atomic E-state index is 0.130. The molecule has 0 saturated heterocycles. The lowest BCUT2D eigenvalue weighted by atomic mass is 9.88. The van der Waals surface area contributed by atoms with E-state index in [1.807, 2.05) is 18.2 Å². The number of carbonyl (C=O) groups is 2. The predicted octanol–water partition coefficient (Wildman–Crippen LogP) is 1.96. The van der Waals surface area contributed by atoms with Crippen LogP contribution in [0.1, 0.15) is 22.3 Å². The van der Waals surface area contributed by atoms with E-state index in [1.165, 1.54) is 0 Å². The first kappa shape index (κ1) is 9.28. The van der Waals surface area contributed by atoms with Crippen molar-refractivity contribution in [3.05, 3.63) is 46.5 Å². The molecule has 0 unspecified atom stereocenters. The lowest BCUT2D eigenvalue weighted by Gasteiger charge is -2.16. The third-order valence-corrected chi connectivity index (χ3v) is 3.03. The minimum Gasteiger partial charge on any atom is -0.294 e. The number of allylic oxidation sites excluding steroid dienone is 2. The van der Waals surface area contributed by atoms with Crippen molar-refractivity contribution < 1.29 is 9.59 Å². The molecule has 0 aromatic heterocycles. The number of benzene rings is 1. The van der Waals surface area contributed by atoms with Crippen LogP contribution in [0.25, 0.3) is 12.2 Å². The third-order valence-electron chi connectivity index (χ3n) is 3.03. The smallest absolute Gasteiger partial charge is 0.160 e. The first-order valence-corrected chi connectivity index (χ1v) is 5.30. The average molecular weight is 210 g/mol. The van der Waals surface area contributed by atoms with Gasteiger partial charge in [0.05, 0.1) is 0 Å². The Morgan fingerprint density at radius 1 is 0.688 bits per heavy atom. The molecule has 0 aliphatic heterocycles. The molecule has 1 aromatic carbocycles. The number of ketones is 2. The standard InChI is InChI=1S/C14H10O2/c15-13-3-1-9-5-10-2-4-14(16)8-12(10)6-11(9)7-13/h1-6H,7-8H2. The number of fused-ring (bicyclic) bond motifs is 2. The summed E-state index contributed by atoms with van der Waals surface area (Å²) >= 11 is 0. The molecule has 0 radical (unpaired) electrons. The van der Waals surface area contributed by atoms with Gasteiger partial charge in [0.25, 0.3) is 0 Å². The maximum atomic E-state index is 11.3. The van der Waals surface area contributed by atoms with Gasteiger partial charge in [0, 0.05) is 12.8 Å². The van der Waals surface area contributed by atoms with Crippen molar-refractivity contribution in [3.8, 4) is 0 Å². The van der Waals surface area contributed by atoms with E-state index < -0.39 is 0 Å². The van der Waals surface area contributed by atoms with Crippen LogP contribution in [0, 0.1) is 0 Å². The monoisotopic (exact) mass is 210 g/mol. The second-order valence-corrected chi connectivity index (χ2v) is 4.20. The fraction of sp³-hybridized carbons (Fsp3) is 0.143. The zero-order valence-electron chi connectivity index (χ0n) is 8.69. The van der Waals surface area contributed by atoms with Gasteiger partial charge in [-0.1, -0.05) is 18.2 Å². The Bertz CT molecular complexity index is 515. The van der Waals surface area contributed by atoms with Gasteiger partial charge in [-0.2, -0.15) is 0 Å². The molecular formula is C14H10O2. The van der Waals surface area contributed by atoms with Crippen molar-refractivity contribution >= 4 is 23.7 Å². The summed E-state index contributed by atoms with van der Waals surface area (Å²) in [6.07, 6.45) is 7.85. The van der Waals surface area contributed by atoms with Crippen molar-refractivity contribution in [2.75, 3.05) is 0 Å². The Labute approximate surface area is 93.3 Å². The maximum absolute atomic E-state index is 11.3. The first-order chi connectivity index (χ1) is 7.72. The number of carbonyl (C=O) groups excluding carboxylic acids is 2. The Balaban J connectivity index is 2.16. The van der Waals surface area contributed by atoms with Crippen molar-refractivity contribution in [2.45, 2.75) is 12.8 Å². The summed E-state index contributed by atoms with van der Waals surface area (Å²) in [5.41, 5.74) is 4.26. The first-order valence-electron chi connectivity index (χ1n) is 5.30. The van der Waals surface area contributed by atoms with E-state index in [1.54, 1.807) is 12.2 Å². The van der Waals surface area contributed by atoms with Crippen LogP contribution in [0.5, 0.6) is 0 Å². The van der Waals surface area contributed by atoms with Crippen molar-refractivity contribution in [2.24, 2.45) is 0 Å². The van der Waals surface area contributed by atoms with E-state index in [4.69, 9.17) is 0 Å². The van der Waals surface area contributed by atoms with Gasteiger partial charge < -0.3 is 0 Å². The van der Waals surface area contributed by atoms with E-state index in [0.29, 0.717) is 12.8 Å². The van der Waals surface area contributed by atoms with Gasteiger partial charge in [0.15, 0.2) is 11.6 Å². The highest BCUT2D eigenvalue weighted by atomic mass is 16.1. The molecule has 78 valence electrons. The molecule has 0 spiro atoms. The topological polar surface area (TPSA) is 34.1 Å². The molecule has 3 rings (SSSR count). The number of hydrogen-bond acceptors (Lipinski definition) is 2. The molecule has 0 fully saturated rings. The Kier molecular flexibility index (Phi) is 1.90. The molecule has 0 heterocycles. The van der Waals surface area contributed by atoms with Crippen molar-refractivity contribution in [3.63, 3.8) is 0 Å². The van der Waals surface area contributed by atoms with Crippen LogP contribution in [0.3, 0.4) is 0 Å². The van der Waals surface area contributed by atoms with Crippen LogP contribution in [-0.2, 0) is 22.4 Å². The summed E-state index contributed by atoms with van der Waals surface area (Å²) < 4.78 is 0. The molecule has 2 aliphatic carbocycles. The normalized spacial score (nSPS) is 17.2. The number of rotatable bonds is 0. The molecule has 2 heteroatoms. The van der Waals surface area contributed by atoms with E-state index in [9.17, 15) is 9.59 Å².